The average Bonchev–Trinajstić information content (AvgIpc) is 2.34. The molecule has 4 nitrogen and oxygen atoms in total. The Balaban J connectivity index is 2.91. The van der Waals surface area contributed by atoms with Gasteiger partial charge in [0.25, 0.3) is 0 Å². The van der Waals surface area contributed by atoms with E-state index in [0.717, 1.165) is 6.20 Å². The number of nitrogens with zero attached hydrogens (tertiary/aromatic N) is 1. The number of alkyl halides is 3. The van der Waals surface area contributed by atoms with E-state index in [4.69, 9.17) is 0 Å². The quantitative estimate of drug-likeness (QED) is 0.664. The molecule has 0 saturated carbocycles. The highest BCUT2D eigenvalue weighted by molar-refractivity contribution is 5.17. The van der Waals surface area contributed by atoms with Gasteiger partial charge in [-0.15, -0.1) is 0 Å². The van der Waals surface area contributed by atoms with Crippen LogP contribution in [0, 0.1) is 0 Å². The van der Waals surface area contributed by atoms with Crippen LogP contribution in [-0.2, 0) is 17.6 Å². The van der Waals surface area contributed by atoms with Crippen LogP contribution in [0.15, 0.2) is 6.20 Å². The lowest BCUT2D eigenvalue weighted by Crippen LogP contribution is -2.10. The Labute approximate surface area is 65.5 Å². The molecule has 0 aliphatic rings. The van der Waals surface area contributed by atoms with Crippen molar-refractivity contribution < 1.29 is 18.0 Å². The normalized spacial score (nSPS) is 12.0. The SMILES string of the molecule is NOCc1cn[nH]c1C(F)(F)F. The number of rotatable bonds is 2. The summed E-state index contributed by atoms with van der Waals surface area (Å²) in [5.74, 6) is 4.62. The fourth-order valence-electron chi connectivity index (χ4n) is 0.756. The van der Waals surface area contributed by atoms with E-state index < -0.39 is 11.9 Å². The van der Waals surface area contributed by atoms with Gasteiger partial charge in [-0.05, 0) is 0 Å². The van der Waals surface area contributed by atoms with Gasteiger partial charge in [0.2, 0.25) is 0 Å². The van der Waals surface area contributed by atoms with E-state index in [2.05, 4.69) is 15.8 Å². The molecule has 0 unspecified atom stereocenters. The van der Waals surface area contributed by atoms with Crippen molar-refractivity contribution in [1.29, 1.82) is 0 Å². The molecule has 0 saturated heterocycles. The number of halogens is 3. The van der Waals surface area contributed by atoms with Crippen LogP contribution < -0.4 is 5.90 Å². The van der Waals surface area contributed by atoms with E-state index in [0.29, 0.717) is 0 Å². The minimum absolute atomic E-state index is 0.106. The van der Waals surface area contributed by atoms with E-state index in [1.807, 2.05) is 5.10 Å². The third kappa shape index (κ3) is 1.74. The van der Waals surface area contributed by atoms with Crippen LogP contribution >= 0.6 is 0 Å². The molecule has 0 spiro atoms. The smallest absolute Gasteiger partial charge is 0.300 e. The summed E-state index contributed by atoms with van der Waals surface area (Å²) in [6, 6.07) is 0. The van der Waals surface area contributed by atoms with Gasteiger partial charge in [-0.25, -0.2) is 5.90 Å². The minimum Gasteiger partial charge on any atom is -0.300 e. The molecule has 0 radical (unpaired) electrons. The lowest BCUT2D eigenvalue weighted by molar-refractivity contribution is -0.142. The van der Waals surface area contributed by atoms with E-state index >= 15 is 0 Å². The second kappa shape index (κ2) is 3.11. The molecule has 1 aromatic rings. The van der Waals surface area contributed by atoms with E-state index in [1.165, 1.54) is 0 Å². The summed E-state index contributed by atoms with van der Waals surface area (Å²) in [5, 5.41) is 5.05. The van der Waals surface area contributed by atoms with Crippen LogP contribution in [-0.4, -0.2) is 10.2 Å². The molecule has 12 heavy (non-hydrogen) atoms. The molecule has 1 aromatic heterocycles. The number of nitrogens with one attached hydrogen (secondary N) is 1. The number of nitrogens with two attached hydrogens (primary N) is 1. The molecule has 1 rings (SSSR count). The molecule has 0 bridgehead atoms. The lowest BCUT2D eigenvalue weighted by Gasteiger charge is -2.04. The van der Waals surface area contributed by atoms with E-state index in [9.17, 15) is 13.2 Å². The summed E-state index contributed by atoms with van der Waals surface area (Å²) in [6.45, 7) is -0.314. The zero-order chi connectivity index (χ0) is 9.19. The predicted molar refractivity (Wildman–Crippen MR) is 32.6 cm³/mol. The Morgan fingerprint density at radius 1 is 1.58 bits per heavy atom. The minimum atomic E-state index is -4.44. The van der Waals surface area contributed by atoms with Gasteiger partial charge in [-0.1, -0.05) is 0 Å². The van der Waals surface area contributed by atoms with Crippen molar-refractivity contribution in [2.45, 2.75) is 12.8 Å². The van der Waals surface area contributed by atoms with Gasteiger partial charge < -0.3 is 0 Å². The average molecular weight is 181 g/mol. The molecule has 68 valence electrons. The van der Waals surface area contributed by atoms with E-state index in [-0.39, 0.29) is 12.2 Å². The van der Waals surface area contributed by atoms with Crippen molar-refractivity contribution in [2.24, 2.45) is 5.90 Å². The molecule has 0 atom stereocenters. The fraction of sp³-hybridized carbons (Fsp3) is 0.400. The first-order chi connectivity index (χ1) is 5.55. The first kappa shape index (κ1) is 9.01. The van der Waals surface area contributed by atoms with Crippen molar-refractivity contribution in [1.82, 2.24) is 10.2 Å². The number of hydrogen-bond donors (Lipinski definition) is 2. The Hall–Kier alpha value is -1.08. The second-order valence-corrected chi connectivity index (χ2v) is 2.08. The molecule has 1 heterocycles. The van der Waals surface area contributed by atoms with Gasteiger partial charge in [-0.2, -0.15) is 18.3 Å². The Bertz CT molecular complexity index is 257. The number of H-pyrrole nitrogens is 1. The highest BCUT2D eigenvalue weighted by Crippen LogP contribution is 2.29. The highest BCUT2D eigenvalue weighted by Gasteiger charge is 2.35. The monoisotopic (exact) mass is 181 g/mol. The topological polar surface area (TPSA) is 63.9 Å². The number of aromatic amines is 1. The molecule has 0 fully saturated rings. The zero-order valence-electron chi connectivity index (χ0n) is 5.85. The molecule has 0 amide bonds. The van der Waals surface area contributed by atoms with Gasteiger partial charge >= 0.3 is 6.18 Å². The molecule has 0 aliphatic carbocycles. The second-order valence-electron chi connectivity index (χ2n) is 2.08. The van der Waals surface area contributed by atoms with Gasteiger partial charge in [0, 0.05) is 5.56 Å². The Morgan fingerprint density at radius 3 is 2.75 bits per heavy atom. The molecule has 0 aliphatic heterocycles. The van der Waals surface area contributed by atoms with Crippen molar-refractivity contribution in [2.75, 3.05) is 0 Å². The summed E-state index contributed by atoms with van der Waals surface area (Å²) in [4.78, 5) is 4.06. The molecule has 7 heteroatoms. The summed E-state index contributed by atoms with van der Waals surface area (Å²) >= 11 is 0. The van der Waals surface area contributed by atoms with Crippen molar-refractivity contribution in [3.05, 3.63) is 17.5 Å². The van der Waals surface area contributed by atoms with Gasteiger partial charge in [-0.3, -0.25) is 9.94 Å². The Kier molecular flexibility index (Phi) is 2.34. The number of hydrogen-bond acceptors (Lipinski definition) is 3. The summed E-state index contributed by atoms with van der Waals surface area (Å²) in [6.07, 6.45) is -3.42. The third-order valence-electron chi connectivity index (χ3n) is 1.24. The van der Waals surface area contributed by atoms with Crippen LogP contribution in [0.5, 0.6) is 0 Å². The van der Waals surface area contributed by atoms with Gasteiger partial charge in [0.15, 0.2) is 0 Å². The highest BCUT2D eigenvalue weighted by atomic mass is 19.4. The van der Waals surface area contributed by atoms with Crippen molar-refractivity contribution in [3.8, 4) is 0 Å². The molecule has 3 N–H and O–H groups in total. The fourth-order valence-corrected chi connectivity index (χ4v) is 0.756. The first-order valence-electron chi connectivity index (χ1n) is 2.97. The van der Waals surface area contributed by atoms with Crippen LogP contribution in [0.2, 0.25) is 0 Å². The first-order valence-corrected chi connectivity index (χ1v) is 2.97. The van der Waals surface area contributed by atoms with Crippen LogP contribution in [0.25, 0.3) is 0 Å². The van der Waals surface area contributed by atoms with Gasteiger partial charge in [0.1, 0.15) is 5.69 Å². The van der Waals surface area contributed by atoms with Crippen LogP contribution in [0.3, 0.4) is 0 Å². The maximum absolute atomic E-state index is 12.0. The summed E-state index contributed by atoms with van der Waals surface area (Å²) in [7, 11) is 0. The summed E-state index contributed by atoms with van der Waals surface area (Å²) < 4.78 is 36.1. The van der Waals surface area contributed by atoms with E-state index in [1.54, 1.807) is 0 Å². The molecular formula is C5H6F3N3O. The van der Waals surface area contributed by atoms with Crippen molar-refractivity contribution in [3.63, 3.8) is 0 Å². The maximum Gasteiger partial charge on any atom is 0.433 e. The van der Waals surface area contributed by atoms with Crippen molar-refractivity contribution >= 4 is 0 Å². The summed E-state index contributed by atoms with van der Waals surface area (Å²) in [5.41, 5.74) is -1.03. The standard InChI is InChI=1S/C5H6F3N3O/c6-5(7,8)4-3(2-12-9)1-10-11-4/h1H,2,9H2,(H,10,11). The number of aromatic nitrogens is 2. The van der Waals surface area contributed by atoms with Gasteiger partial charge in [0.05, 0.1) is 12.8 Å². The largest absolute Gasteiger partial charge is 0.433 e. The zero-order valence-corrected chi connectivity index (χ0v) is 5.85. The van der Waals surface area contributed by atoms with Crippen LogP contribution in [0.4, 0.5) is 13.2 Å². The molecule has 0 aromatic carbocycles. The van der Waals surface area contributed by atoms with Crippen LogP contribution in [0.1, 0.15) is 11.3 Å². The Morgan fingerprint density at radius 2 is 2.25 bits per heavy atom. The maximum atomic E-state index is 12.0. The lowest BCUT2D eigenvalue weighted by atomic mass is 10.2. The molecular weight excluding hydrogens is 175 g/mol. The third-order valence-corrected chi connectivity index (χ3v) is 1.24. The predicted octanol–water partition coefficient (Wildman–Crippen LogP) is 0.819.